The van der Waals surface area contributed by atoms with Crippen LogP contribution in [0.5, 0.6) is 5.75 Å². The number of carbonyl (C=O) groups excluding carboxylic acids is 1. The third-order valence-corrected chi connectivity index (χ3v) is 6.40. The number of nitrogens with zero attached hydrogens (tertiary/aromatic N) is 2. The molecule has 1 aromatic heterocycles. The summed E-state index contributed by atoms with van der Waals surface area (Å²) >= 11 is 7.00. The Kier molecular flexibility index (Phi) is 7.65. The highest BCUT2D eigenvalue weighted by atomic mass is 79.9. The first-order valence-corrected chi connectivity index (χ1v) is 12.4. The van der Waals surface area contributed by atoms with Crippen molar-refractivity contribution in [2.45, 2.75) is 13.8 Å². The number of nitrogens with one attached hydrogen (secondary N) is 1. The van der Waals surface area contributed by atoms with Gasteiger partial charge < -0.3 is 9.30 Å². The molecular weight excluding hydrogens is 558 g/mol. The van der Waals surface area contributed by atoms with Gasteiger partial charge in [-0.3, -0.25) is 4.79 Å². The molecule has 7 heteroatoms. The second-order valence-electron chi connectivity index (χ2n) is 7.55. The van der Waals surface area contributed by atoms with Crippen LogP contribution in [-0.4, -0.2) is 23.3 Å². The minimum Gasteiger partial charge on any atom is -0.492 e. The first-order chi connectivity index (χ1) is 16.5. The molecule has 4 rings (SSSR count). The van der Waals surface area contributed by atoms with Gasteiger partial charge in [0, 0.05) is 16.9 Å². The van der Waals surface area contributed by atoms with Crippen molar-refractivity contribution in [2.75, 3.05) is 6.61 Å². The molecule has 5 nitrogen and oxygen atoms in total. The lowest BCUT2D eigenvalue weighted by molar-refractivity contribution is 0.0955. The molecule has 172 valence electrons. The van der Waals surface area contributed by atoms with E-state index < -0.39 is 0 Å². The highest BCUT2D eigenvalue weighted by Gasteiger charge is 2.11. The molecule has 3 aromatic carbocycles. The molecule has 1 N–H and O–H groups in total. The summed E-state index contributed by atoms with van der Waals surface area (Å²) < 4.78 is 9.38. The quantitative estimate of drug-likeness (QED) is 0.186. The van der Waals surface area contributed by atoms with Crippen LogP contribution < -0.4 is 10.2 Å². The number of rotatable bonds is 7. The smallest absolute Gasteiger partial charge is 0.271 e. The van der Waals surface area contributed by atoms with E-state index in [1.165, 1.54) is 0 Å². The number of amides is 1. The van der Waals surface area contributed by atoms with Gasteiger partial charge >= 0.3 is 0 Å². The predicted molar refractivity (Wildman–Crippen MR) is 144 cm³/mol. The SMILES string of the molecule is CCOc1c(Br)cc(/C=N\NC(=O)c2ccc(-n3c(C)ccc3-c3ccccc3)cc2)cc1Br. The number of carbonyl (C=O) groups is 1. The maximum atomic E-state index is 12.6. The molecule has 0 aliphatic heterocycles. The molecule has 0 aliphatic carbocycles. The number of ether oxygens (including phenoxy) is 1. The lowest BCUT2D eigenvalue weighted by Gasteiger charge is -2.12. The Balaban J connectivity index is 1.47. The second kappa shape index (κ2) is 10.8. The van der Waals surface area contributed by atoms with Crippen LogP contribution in [-0.2, 0) is 0 Å². The number of benzene rings is 3. The van der Waals surface area contributed by atoms with Gasteiger partial charge in [-0.25, -0.2) is 5.43 Å². The summed E-state index contributed by atoms with van der Waals surface area (Å²) in [5.74, 6) is 0.455. The average molecular weight is 581 g/mol. The van der Waals surface area contributed by atoms with E-state index >= 15 is 0 Å². The van der Waals surface area contributed by atoms with Gasteiger partial charge in [0.05, 0.1) is 27.5 Å². The van der Waals surface area contributed by atoms with Gasteiger partial charge in [0.15, 0.2) is 0 Å². The van der Waals surface area contributed by atoms with Gasteiger partial charge in [0.25, 0.3) is 5.91 Å². The molecule has 0 radical (unpaired) electrons. The zero-order valence-electron chi connectivity index (χ0n) is 18.8. The fourth-order valence-electron chi connectivity index (χ4n) is 3.64. The minimum absolute atomic E-state index is 0.278. The first kappa shape index (κ1) is 24.0. The Morgan fingerprint density at radius 3 is 2.32 bits per heavy atom. The molecule has 0 atom stereocenters. The summed E-state index contributed by atoms with van der Waals surface area (Å²) in [6, 6.07) is 25.7. The predicted octanol–water partition coefficient (Wildman–Crippen LogP) is 7.14. The Hall–Kier alpha value is -3.16. The van der Waals surface area contributed by atoms with Crippen molar-refractivity contribution in [3.63, 3.8) is 0 Å². The Labute approximate surface area is 215 Å². The van der Waals surface area contributed by atoms with E-state index in [2.05, 4.69) is 78.1 Å². The zero-order chi connectivity index (χ0) is 24.1. The summed E-state index contributed by atoms with van der Waals surface area (Å²) in [7, 11) is 0. The third-order valence-electron chi connectivity index (χ3n) is 5.22. The number of hydrogen-bond donors (Lipinski definition) is 1. The average Bonchev–Trinajstić information content (AvgIpc) is 3.23. The van der Waals surface area contributed by atoms with Crippen LogP contribution in [0.4, 0.5) is 0 Å². The molecule has 1 heterocycles. The van der Waals surface area contributed by atoms with E-state index in [0.717, 1.165) is 42.9 Å². The van der Waals surface area contributed by atoms with E-state index in [0.29, 0.717) is 12.2 Å². The van der Waals surface area contributed by atoms with E-state index in [-0.39, 0.29) is 5.91 Å². The largest absolute Gasteiger partial charge is 0.492 e. The van der Waals surface area contributed by atoms with Crippen LogP contribution in [0.2, 0.25) is 0 Å². The van der Waals surface area contributed by atoms with Crippen molar-refractivity contribution in [3.05, 3.63) is 105 Å². The van der Waals surface area contributed by atoms with E-state index in [1.807, 2.05) is 49.4 Å². The number of halogens is 2. The molecule has 0 spiro atoms. The number of aromatic nitrogens is 1. The van der Waals surface area contributed by atoms with Crippen LogP contribution in [0.15, 0.2) is 92.9 Å². The van der Waals surface area contributed by atoms with Crippen molar-refractivity contribution in [1.82, 2.24) is 9.99 Å². The topological polar surface area (TPSA) is 55.6 Å². The summed E-state index contributed by atoms with van der Waals surface area (Å²) in [4.78, 5) is 12.6. The lowest BCUT2D eigenvalue weighted by atomic mass is 10.1. The molecule has 0 saturated heterocycles. The standard InChI is InChI=1S/C27H23Br2N3O2/c1-3-34-26-23(28)15-19(16-24(26)29)17-30-31-27(33)21-10-12-22(13-11-21)32-18(2)9-14-25(32)20-7-5-4-6-8-20/h4-17H,3H2,1-2H3,(H,31,33)/b30-17-. The van der Waals surface area contributed by atoms with Crippen LogP contribution in [0.25, 0.3) is 16.9 Å². The Morgan fingerprint density at radius 2 is 1.68 bits per heavy atom. The maximum Gasteiger partial charge on any atom is 0.271 e. The van der Waals surface area contributed by atoms with Crippen LogP contribution in [0.3, 0.4) is 0 Å². The van der Waals surface area contributed by atoms with Crippen LogP contribution >= 0.6 is 31.9 Å². The summed E-state index contributed by atoms with van der Waals surface area (Å²) in [5, 5.41) is 4.10. The van der Waals surface area contributed by atoms with Crippen molar-refractivity contribution in [2.24, 2.45) is 5.10 Å². The van der Waals surface area contributed by atoms with Crippen LogP contribution in [0.1, 0.15) is 28.5 Å². The van der Waals surface area contributed by atoms with E-state index in [4.69, 9.17) is 4.74 Å². The number of hydrogen-bond acceptors (Lipinski definition) is 3. The van der Waals surface area contributed by atoms with Gasteiger partial charge in [-0.1, -0.05) is 30.3 Å². The molecular formula is C27H23Br2N3O2. The van der Waals surface area contributed by atoms with Gasteiger partial charge in [-0.2, -0.15) is 5.10 Å². The number of hydrazone groups is 1. The molecule has 0 aliphatic rings. The van der Waals surface area contributed by atoms with Crippen molar-refractivity contribution < 1.29 is 9.53 Å². The van der Waals surface area contributed by atoms with Crippen molar-refractivity contribution in [1.29, 1.82) is 0 Å². The highest BCUT2D eigenvalue weighted by Crippen LogP contribution is 2.34. The first-order valence-electron chi connectivity index (χ1n) is 10.8. The third kappa shape index (κ3) is 5.32. The fourth-order valence-corrected chi connectivity index (χ4v) is 5.09. The molecule has 0 bridgehead atoms. The zero-order valence-corrected chi connectivity index (χ0v) is 21.9. The van der Waals surface area contributed by atoms with Gasteiger partial charge in [-0.15, -0.1) is 0 Å². The van der Waals surface area contributed by atoms with E-state index in [9.17, 15) is 4.79 Å². The molecule has 34 heavy (non-hydrogen) atoms. The molecule has 0 unspecified atom stereocenters. The Morgan fingerprint density at radius 1 is 1.00 bits per heavy atom. The van der Waals surface area contributed by atoms with Crippen molar-refractivity contribution in [3.8, 4) is 22.7 Å². The molecule has 1 amide bonds. The maximum absolute atomic E-state index is 12.6. The summed E-state index contributed by atoms with van der Waals surface area (Å²) in [5.41, 5.74) is 8.29. The second-order valence-corrected chi connectivity index (χ2v) is 9.26. The van der Waals surface area contributed by atoms with Crippen molar-refractivity contribution >= 4 is 44.0 Å². The highest BCUT2D eigenvalue weighted by molar-refractivity contribution is 9.11. The van der Waals surface area contributed by atoms with Gasteiger partial charge in [0.1, 0.15) is 5.75 Å². The summed E-state index contributed by atoms with van der Waals surface area (Å²) in [6.07, 6.45) is 1.59. The van der Waals surface area contributed by atoms with Gasteiger partial charge in [-0.05, 0) is 105 Å². The molecule has 4 aromatic rings. The monoisotopic (exact) mass is 579 g/mol. The number of aryl methyl sites for hydroxylation is 1. The normalized spacial score (nSPS) is 11.1. The molecule has 0 fully saturated rings. The minimum atomic E-state index is -0.278. The molecule has 0 saturated carbocycles. The lowest BCUT2D eigenvalue weighted by Crippen LogP contribution is -2.17. The fraction of sp³-hybridized carbons (Fsp3) is 0.111. The summed E-state index contributed by atoms with van der Waals surface area (Å²) in [6.45, 7) is 4.56. The Bertz CT molecular complexity index is 1310. The van der Waals surface area contributed by atoms with Gasteiger partial charge in [0.2, 0.25) is 0 Å². The van der Waals surface area contributed by atoms with Crippen LogP contribution in [0, 0.1) is 6.92 Å². The van der Waals surface area contributed by atoms with E-state index in [1.54, 1.807) is 18.3 Å².